The quantitative estimate of drug-likeness (QED) is 0.689. The molecule has 0 unspecified atom stereocenters. The highest BCUT2D eigenvalue weighted by Crippen LogP contribution is 2.39. The van der Waals surface area contributed by atoms with Gasteiger partial charge in [0.05, 0.1) is 5.60 Å². The second kappa shape index (κ2) is 8.83. The molecular formula is C24H33NO. The molecule has 1 N–H and O–H groups in total. The molecule has 0 radical (unpaired) electrons. The molecule has 1 fully saturated rings. The van der Waals surface area contributed by atoms with Crippen LogP contribution in [0.4, 0.5) is 0 Å². The summed E-state index contributed by atoms with van der Waals surface area (Å²) in [6.45, 7) is 8.64. The first kappa shape index (κ1) is 19.1. The van der Waals surface area contributed by atoms with Gasteiger partial charge in [-0.2, -0.15) is 0 Å². The van der Waals surface area contributed by atoms with E-state index in [2.05, 4.69) is 86.8 Å². The molecule has 2 aromatic rings. The van der Waals surface area contributed by atoms with E-state index in [4.69, 9.17) is 4.74 Å². The predicted molar refractivity (Wildman–Crippen MR) is 109 cm³/mol. The largest absolute Gasteiger partial charge is 0.376 e. The van der Waals surface area contributed by atoms with Gasteiger partial charge in [-0.25, -0.2) is 0 Å². The third kappa shape index (κ3) is 5.18. The Morgan fingerprint density at radius 1 is 1.00 bits per heavy atom. The van der Waals surface area contributed by atoms with Crippen molar-refractivity contribution in [2.24, 2.45) is 5.92 Å². The van der Waals surface area contributed by atoms with Crippen LogP contribution in [-0.2, 0) is 4.74 Å². The first-order chi connectivity index (χ1) is 12.6. The number of hydrogen-bond donors (Lipinski definition) is 1. The molecule has 1 heterocycles. The molecule has 0 aliphatic carbocycles. The van der Waals surface area contributed by atoms with Gasteiger partial charge >= 0.3 is 0 Å². The Labute approximate surface area is 159 Å². The summed E-state index contributed by atoms with van der Waals surface area (Å²) in [5.74, 6) is 1.28. The first-order valence-electron chi connectivity index (χ1n) is 10.0. The van der Waals surface area contributed by atoms with Gasteiger partial charge in [0.1, 0.15) is 0 Å². The Hall–Kier alpha value is -1.64. The summed E-state index contributed by atoms with van der Waals surface area (Å²) >= 11 is 0. The Bertz CT molecular complexity index is 652. The van der Waals surface area contributed by atoms with Crippen LogP contribution in [0.2, 0.25) is 0 Å². The lowest BCUT2D eigenvalue weighted by atomic mass is 9.75. The maximum Gasteiger partial charge on any atom is 0.0629 e. The first-order valence-corrected chi connectivity index (χ1v) is 10.0. The van der Waals surface area contributed by atoms with Crippen LogP contribution >= 0.6 is 0 Å². The van der Waals surface area contributed by atoms with Crippen molar-refractivity contribution in [2.75, 3.05) is 13.2 Å². The summed E-state index contributed by atoms with van der Waals surface area (Å²) in [5.41, 5.74) is 2.83. The van der Waals surface area contributed by atoms with Gasteiger partial charge in [0, 0.05) is 12.6 Å². The predicted octanol–water partition coefficient (Wildman–Crippen LogP) is 5.72. The molecule has 0 spiro atoms. The van der Waals surface area contributed by atoms with Gasteiger partial charge in [0.25, 0.3) is 0 Å². The molecule has 2 heteroatoms. The van der Waals surface area contributed by atoms with Gasteiger partial charge in [0.2, 0.25) is 0 Å². The third-order valence-electron chi connectivity index (χ3n) is 5.74. The molecule has 26 heavy (non-hydrogen) atoms. The van der Waals surface area contributed by atoms with Crippen LogP contribution in [0.3, 0.4) is 0 Å². The third-order valence-corrected chi connectivity index (χ3v) is 5.74. The zero-order chi connectivity index (χ0) is 18.4. The highest BCUT2D eigenvalue weighted by Gasteiger charge is 2.33. The standard InChI is InChI=1S/C24H33NO/c1-19(20-10-6-4-7-11-20)25-16-14-23(21-12-8-5-9-13-21)22-15-17-26-24(2,3)18-22/h4-13,19,22-23,25H,14-18H2,1-3H3/t19-,22+,23-/m0/s1. The summed E-state index contributed by atoms with van der Waals surface area (Å²) in [6.07, 6.45) is 3.47. The van der Waals surface area contributed by atoms with Crippen molar-refractivity contribution >= 4 is 0 Å². The van der Waals surface area contributed by atoms with Gasteiger partial charge < -0.3 is 10.1 Å². The molecule has 2 aromatic carbocycles. The van der Waals surface area contributed by atoms with Crippen molar-refractivity contribution in [1.82, 2.24) is 5.32 Å². The minimum Gasteiger partial charge on any atom is -0.376 e. The van der Waals surface area contributed by atoms with E-state index >= 15 is 0 Å². The smallest absolute Gasteiger partial charge is 0.0629 e. The molecule has 3 atom stereocenters. The van der Waals surface area contributed by atoms with Gasteiger partial charge in [-0.1, -0.05) is 60.7 Å². The minimum atomic E-state index is 0.000700. The number of hydrogen-bond acceptors (Lipinski definition) is 2. The van der Waals surface area contributed by atoms with Crippen LogP contribution in [0.25, 0.3) is 0 Å². The van der Waals surface area contributed by atoms with Crippen molar-refractivity contribution < 1.29 is 4.74 Å². The summed E-state index contributed by atoms with van der Waals surface area (Å²) in [4.78, 5) is 0. The van der Waals surface area contributed by atoms with Crippen molar-refractivity contribution in [1.29, 1.82) is 0 Å². The number of nitrogens with one attached hydrogen (secondary N) is 1. The van der Waals surface area contributed by atoms with E-state index in [1.54, 1.807) is 0 Å². The van der Waals surface area contributed by atoms with E-state index in [0.717, 1.165) is 26.0 Å². The van der Waals surface area contributed by atoms with Crippen LogP contribution in [-0.4, -0.2) is 18.8 Å². The monoisotopic (exact) mass is 351 g/mol. The maximum atomic E-state index is 5.97. The van der Waals surface area contributed by atoms with E-state index in [1.165, 1.54) is 17.5 Å². The second-order valence-corrected chi connectivity index (χ2v) is 8.25. The summed E-state index contributed by atoms with van der Waals surface area (Å²) in [7, 11) is 0. The Balaban J connectivity index is 1.64. The zero-order valence-electron chi connectivity index (χ0n) is 16.4. The van der Waals surface area contributed by atoms with Crippen LogP contribution < -0.4 is 5.32 Å². The fourth-order valence-corrected chi connectivity index (χ4v) is 4.31. The zero-order valence-corrected chi connectivity index (χ0v) is 16.4. The molecular weight excluding hydrogens is 318 g/mol. The maximum absolute atomic E-state index is 5.97. The summed E-state index contributed by atoms with van der Waals surface area (Å²) < 4.78 is 5.97. The molecule has 0 amide bonds. The normalized spacial score (nSPS) is 21.9. The fraction of sp³-hybridized carbons (Fsp3) is 0.500. The summed E-state index contributed by atoms with van der Waals surface area (Å²) in [6, 6.07) is 22.2. The molecule has 0 aromatic heterocycles. The lowest BCUT2D eigenvalue weighted by molar-refractivity contribution is -0.0772. The van der Waals surface area contributed by atoms with E-state index < -0.39 is 0 Å². The van der Waals surface area contributed by atoms with E-state index in [0.29, 0.717) is 17.9 Å². The van der Waals surface area contributed by atoms with Gasteiger partial charge in [-0.15, -0.1) is 0 Å². The van der Waals surface area contributed by atoms with Crippen molar-refractivity contribution in [2.45, 2.75) is 57.6 Å². The average molecular weight is 352 g/mol. The highest BCUT2D eigenvalue weighted by molar-refractivity contribution is 5.21. The van der Waals surface area contributed by atoms with Crippen molar-refractivity contribution in [3.63, 3.8) is 0 Å². The Morgan fingerprint density at radius 3 is 2.23 bits per heavy atom. The topological polar surface area (TPSA) is 21.3 Å². The molecule has 2 nitrogen and oxygen atoms in total. The lowest BCUT2D eigenvalue weighted by Gasteiger charge is -2.39. The Morgan fingerprint density at radius 2 is 1.62 bits per heavy atom. The van der Waals surface area contributed by atoms with Gasteiger partial charge in [-0.05, 0) is 69.5 Å². The number of benzene rings is 2. The molecule has 1 aliphatic rings. The van der Waals surface area contributed by atoms with Crippen LogP contribution in [0, 0.1) is 5.92 Å². The molecule has 1 saturated heterocycles. The number of rotatable bonds is 7. The number of ether oxygens (including phenoxy) is 1. The van der Waals surface area contributed by atoms with Crippen molar-refractivity contribution in [3.8, 4) is 0 Å². The van der Waals surface area contributed by atoms with Crippen LogP contribution in [0.5, 0.6) is 0 Å². The van der Waals surface area contributed by atoms with E-state index in [9.17, 15) is 0 Å². The second-order valence-electron chi connectivity index (χ2n) is 8.25. The highest BCUT2D eigenvalue weighted by atomic mass is 16.5. The molecule has 0 saturated carbocycles. The van der Waals surface area contributed by atoms with E-state index in [1.807, 2.05) is 0 Å². The van der Waals surface area contributed by atoms with Gasteiger partial charge in [-0.3, -0.25) is 0 Å². The molecule has 0 bridgehead atoms. The molecule has 140 valence electrons. The van der Waals surface area contributed by atoms with Gasteiger partial charge in [0.15, 0.2) is 0 Å². The Kier molecular flexibility index (Phi) is 6.50. The summed E-state index contributed by atoms with van der Waals surface area (Å²) in [5, 5.41) is 3.73. The minimum absolute atomic E-state index is 0.000700. The van der Waals surface area contributed by atoms with Crippen LogP contribution in [0.1, 0.15) is 63.1 Å². The molecule has 3 rings (SSSR count). The molecule has 1 aliphatic heterocycles. The van der Waals surface area contributed by atoms with Crippen LogP contribution in [0.15, 0.2) is 60.7 Å². The average Bonchev–Trinajstić information content (AvgIpc) is 2.65. The SMILES string of the molecule is C[C@H](NCC[C@@H](c1ccccc1)[C@@H]1CCOC(C)(C)C1)c1ccccc1. The fourth-order valence-electron chi connectivity index (χ4n) is 4.31. The van der Waals surface area contributed by atoms with E-state index in [-0.39, 0.29) is 5.60 Å². The van der Waals surface area contributed by atoms with Crippen molar-refractivity contribution in [3.05, 3.63) is 71.8 Å². The lowest BCUT2D eigenvalue weighted by Crippen LogP contribution is -2.37.